The van der Waals surface area contributed by atoms with Crippen molar-refractivity contribution in [3.63, 3.8) is 0 Å². The lowest BCUT2D eigenvalue weighted by Crippen LogP contribution is -2.49. The van der Waals surface area contributed by atoms with Gasteiger partial charge < -0.3 is 5.11 Å². The number of fused-ring (bicyclic) bond motifs is 5. The zero-order valence-electron chi connectivity index (χ0n) is 12.8. The summed E-state index contributed by atoms with van der Waals surface area (Å²) in [5.74, 6) is 2.22. The van der Waals surface area contributed by atoms with E-state index in [4.69, 9.17) is 0 Å². The van der Waals surface area contributed by atoms with Crippen molar-refractivity contribution in [3.05, 3.63) is 29.3 Å². The molecule has 0 unspecified atom stereocenters. The molecule has 0 aromatic heterocycles. The van der Waals surface area contributed by atoms with E-state index in [1.54, 1.807) is 0 Å². The number of phenols is 1. The lowest BCUT2D eigenvalue weighted by molar-refractivity contribution is 0.0130. The summed E-state index contributed by atoms with van der Waals surface area (Å²) in [4.78, 5) is 0. The molecule has 108 valence electrons. The summed E-state index contributed by atoms with van der Waals surface area (Å²) < 4.78 is 0. The van der Waals surface area contributed by atoms with E-state index in [0.717, 1.165) is 18.3 Å². The van der Waals surface area contributed by atoms with Gasteiger partial charge in [0, 0.05) is 5.56 Å². The van der Waals surface area contributed by atoms with Crippen molar-refractivity contribution in [1.29, 1.82) is 0 Å². The molecule has 0 bridgehead atoms. The Labute approximate surface area is 122 Å². The van der Waals surface area contributed by atoms with Gasteiger partial charge in [0.15, 0.2) is 0 Å². The third-order valence-electron chi connectivity index (χ3n) is 7.10. The van der Waals surface area contributed by atoms with Gasteiger partial charge in [0.2, 0.25) is 0 Å². The van der Waals surface area contributed by atoms with Crippen LogP contribution in [0.25, 0.3) is 0 Å². The van der Waals surface area contributed by atoms with Crippen molar-refractivity contribution in [2.45, 2.75) is 64.2 Å². The molecular weight excluding hydrogens is 244 g/mol. The molecule has 0 radical (unpaired) electrons. The first-order chi connectivity index (χ1) is 9.55. The lowest BCUT2D eigenvalue weighted by atomic mass is 9.49. The van der Waals surface area contributed by atoms with E-state index in [1.165, 1.54) is 49.7 Å². The zero-order valence-corrected chi connectivity index (χ0v) is 12.8. The summed E-state index contributed by atoms with van der Waals surface area (Å²) in [5.41, 5.74) is 3.51. The third-order valence-corrected chi connectivity index (χ3v) is 7.10. The van der Waals surface area contributed by atoms with Gasteiger partial charge in [0.05, 0.1) is 0 Å². The van der Waals surface area contributed by atoms with Crippen LogP contribution in [0.4, 0.5) is 0 Å². The Morgan fingerprint density at radius 1 is 1.05 bits per heavy atom. The Kier molecular flexibility index (Phi) is 2.56. The minimum absolute atomic E-state index is 0.216. The third kappa shape index (κ3) is 1.50. The van der Waals surface area contributed by atoms with E-state index in [2.05, 4.69) is 19.9 Å². The molecule has 1 nitrogen and oxygen atoms in total. The van der Waals surface area contributed by atoms with Gasteiger partial charge in [-0.05, 0) is 72.8 Å². The lowest BCUT2D eigenvalue weighted by Gasteiger charge is -2.55. The second-order valence-corrected chi connectivity index (χ2v) is 8.03. The van der Waals surface area contributed by atoms with Gasteiger partial charge in [-0.2, -0.15) is 0 Å². The van der Waals surface area contributed by atoms with Crippen LogP contribution in [0.1, 0.15) is 63.5 Å². The molecule has 4 rings (SSSR count). The minimum atomic E-state index is 0.216. The summed E-state index contributed by atoms with van der Waals surface area (Å²) >= 11 is 0. The van der Waals surface area contributed by atoms with Gasteiger partial charge in [-0.25, -0.2) is 0 Å². The van der Waals surface area contributed by atoms with Gasteiger partial charge in [0.1, 0.15) is 5.75 Å². The molecular formula is C19H26O. The van der Waals surface area contributed by atoms with E-state index in [9.17, 15) is 5.11 Å². The Morgan fingerprint density at radius 2 is 1.90 bits per heavy atom. The van der Waals surface area contributed by atoms with Crippen molar-refractivity contribution < 1.29 is 5.11 Å². The van der Waals surface area contributed by atoms with E-state index in [-0.39, 0.29) is 5.41 Å². The van der Waals surface area contributed by atoms with Crippen LogP contribution in [0, 0.1) is 17.3 Å². The molecule has 0 heterocycles. The van der Waals surface area contributed by atoms with Gasteiger partial charge in [0.25, 0.3) is 0 Å². The van der Waals surface area contributed by atoms with Crippen LogP contribution in [0.3, 0.4) is 0 Å². The first-order valence-corrected chi connectivity index (χ1v) is 8.36. The van der Waals surface area contributed by atoms with Crippen LogP contribution >= 0.6 is 0 Å². The number of aromatic hydroxyl groups is 1. The molecule has 0 saturated heterocycles. The molecule has 20 heavy (non-hydrogen) atoms. The van der Waals surface area contributed by atoms with Crippen LogP contribution < -0.4 is 0 Å². The van der Waals surface area contributed by atoms with E-state index < -0.39 is 0 Å². The Balaban J connectivity index is 1.83. The van der Waals surface area contributed by atoms with Crippen molar-refractivity contribution in [3.8, 4) is 5.75 Å². The summed E-state index contributed by atoms with van der Waals surface area (Å²) in [7, 11) is 0. The Bertz CT molecular complexity index is 549. The molecule has 3 aliphatic carbocycles. The molecule has 0 aliphatic heterocycles. The predicted octanol–water partition coefficient (Wildman–Crippen LogP) is 4.81. The molecule has 0 amide bonds. The SMILES string of the molecule is C[C@@]12CCC[C@H]1[C@@H]1CCc3cccc(O)c3[C@@]1(C)CC2. The fraction of sp³-hybridized carbons (Fsp3) is 0.684. The average Bonchev–Trinajstić information content (AvgIpc) is 2.80. The van der Waals surface area contributed by atoms with Crippen molar-refractivity contribution in [2.24, 2.45) is 17.3 Å². The van der Waals surface area contributed by atoms with Crippen LogP contribution in [-0.4, -0.2) is 5.11 Å². The fourth-order valence-electron chi connectivity index (χ4n) is 6.03. The molecule has 1 heteroatoms. The van der Waals surface area contributed by atoms with Gasteiger partial charge in [-0.15, -0.1) is 0 Å². The highest BCUT2D eigenvalue weighted by Crippen LogP contribution is 2.63. The standard InChI is InChI=1S/C19H26O/c1-18-10-4-6-14(18)15-9-8-13-5-3-7-16(20)17(13)19(15,2)12-11-18/h3,5,7,14-15,20H,4,6,8-12H2,1-2H3/t14-,15-,18-,19-/m0/s1. The quantitative estimate of drug-likeness (QED) is 0.717. The van der Waals surface area contributed by atoms with E-state index >= 15 is 0 Å². The molecule has 1 N–H and O–H groups in total. The normalized spacial score (nSPS) is 42.7. The van der Waals surface area contributed by atoms with Crippen molar-refractivity contribution in [2.75, 3.05) is 0 Å². The second-order valence-electron chi connectivity index (χ2n) is 8.03. The molecule has 3 aliphatic rings. The highest BCUT2D eigenvalue weighted by Gasteiger charge is 2.55. The fourth-order valence-corrected chi connectivity index (χ4v) is 6.03. The first kappa shape index (κ1) is 12.7. The monoisotopic (exact) mass is 270 g/mol. The molecule has 4 atom stereocenters. The van der Waals surface area contributed by atoms with Gasteiger partial charge >= 0.3 is 0 Å². The number of aryl methyl sites for hydroxylation is 1. The van der Waals surface area contributed by atoms with Crippen molar-refractivity contribution >= 4 is 0 Å². The largest absolute Gasteiger partial charge is 0.508 e. The van der Waals surface area contributed by atoms with E-state index in [0.29, 0.717) is 11.2 Å². The summed E-state index contributed by atoms with van der Waals surface area (Å²) in [6, 6.07) is 6.15. The number of hydrogen-bond donors (Lipinski definition) is 1. The number of phenolic OH excluding ortho intramolecular Hbond substituents is 1. The van der Waals surface area contributed by atoms with Crippen molar-refractivity contribution in [1.82, 2.24) is 0 Å². The minimum Gasteiger partial charge on any atom is -0.508 e. The average molecular weight is 270 g/mol. The maximum atomic E-state index is 10.5. The summed E-state index contributed by atoms with van der Waals surface area (Å²) in [5, 5.41) is 10.5. The highest BCUT2D eigenvalue weighted by molar-refractivity contribution is 5.47. The molecule has 0 spiro atoms. The smallest absolute Gasteiger partial charge is 0.119 e. The maximum absolute atomic E-state index is 10.5. The first-order valence-electron chi connectivity index (χ1n) is 8.36. The van der Waals surface area contributed by atoms with Gasteiger partial charge in [-0.1, -0.05) is 32.4 Å². The molecule has 1 aromatic rings. The number of rotatable bonds is 0. The highest BCUT2D eigenvalue weighted by atomic mass is 16.3. The van der Waals surface area contributed by atoms with Crippen LogP contribution in [0.2, 0.25) is 0 Å². The molecule has 2 saturated carbocycles. The molecule has 1 aromatic carbocycles. The zero-order chi connectivity index (χ0) is 14.0. The van der Waals surface area contributed by atoms with Crippen LogP contribution in [0.15, 0.2) is 18.2 Å². The topological polar surface area (TPSA) is 20.2 Å². The summed E-state index contributed by atoms with van der Waals surface area (Å²) in [6.45, 7) is 4.97. The number of hydrogen-bond acceptors (Lipinski definition) is 1. The summed E-state index contributed by atoms with van der Waals surface area (Å²) in [6.07, 6.45) is 9.36. The second kappa shape index (κ2) is 4.02. The number of benzene rings is 1. The molecule has 2 fully saturated rings. The Hall–Kier alpha value is -0.980. The van der Waals surface area contributed by atoms with Crippen LogP contribution in [-0.2, 0) is 11.8 Å². The Morgan fingerprint density at radius 3 is 2.75 bits per heavy atom. The maximum Gasteiger partial charge on any atom is 0.119 e. The van der Waals surface area contributed by atoms with Gasteiger partial charge in [-0.3, -0.25) is 0 Å². The predicted molar refractivity (Wildman–Crippen MR) is 82.0 cm³/mol. The van der Waals surface area contributed by atoms with Crippen LogP contribution in [0.5, 0.6) is 5.75 Å². The van der Waals surface area contributed by atoms with E-state index in [1.807, 2.05) is 12.1 Å².